The zero-order valence-corrected chi connectivity index (χ0v) is 18.8. The van der Waals surface area contributed by atoms with Crippen LogP contribution >= 0.6 is 39.3 Å². The molecule has 0 fully saturated rings. The van der Waals surface area contributed by atoms with Crippen LogP contribution in [0.15, 0.2) is 81.3 Å². The lowest BCUT2D eigenvalue weighted by Crippen LogP contribution is -1.97. The number of hydrogen-bond acceptors (Lipinski definition) is 4. The Bertz CT molecular complexity index is 1250. The summed E-state index contributed by atoms with van der Waals surface area (Å²) in [5.74, 6) is 0.704. The van der Waals surface area contributed by atoms with Gasteiger partial charge < -0.3 is 9.72 Å². The smallest absolute Gasteiger partial charge is 0.171 e. The van der Waals surface area contributed by atoms with E-state index in [9.17, 15) is 5.26 Å². The summed E-state index contributed by atoms with van der Waals surface area (Å²) in [5.41, 5.74) is 3.62. The lowest BCUT2D eigenvalue weighted by atomic mass is 10.2. The Balaban J connectivity index is 1.48. The number of H-pyrrole nitrogens is 1. The Labute approximate surface area is 191 Å². The predicted molar refractivity (Wildman–Crippen MR) is 125 cm³/mol. The van der Waals surface area contributed by atoms with E-state index in [4.69, 9.17) is 16.3 Å². The third-order valence-electron chi connectivity index (χ3n) is 4.28. The summed E-state index contributed by atoms with van der Waals surface area (Å²) in [5, 5.41) is 10.9. The highest BCUT2D eigenvalue weighted by Gasteiger charge is 2.08. The van der Waals surface area contributed by atoms with E-state index in [1.807, 2.05) is 72.8 Å². The van der Waals surface area contributed by atoms with Crippen LogP contribution in [0.3, 0.4) is 0 Å². The van der Waals surface area contributed by atoms with Gasteiger partial charge in [-0.3, -0.25) is 0 Å². The van der Waals surface area contributed by atoms with Crippen LogP contribution in [0.4, 0.5) is 0 Å². The van der Waals surface area contributed by atoms with Crippen LogP contribution in [0, 0.1) is 11.3 Å². The lowest BCUT2D eigenvalue weighted by molar-refractivity contribution is 0.304. The molecule has 4 aromatic rings. The molecule has 3 aromatic carbocycles. The van der Waals surface area contributed by atoms with Crippen molar-refractivity contribution in [1.29, 1.82) is 5.26 Å². The molecule has 0 spiro atoms. The van der Waals surface area contributed by atoms with E-state index in [1.54, 1.807) is 0 Å². The Morgan fingerprint density at radius 3 is 2.73 bits per heavy atom. The molecule has 148 valence electrons. The number of ether oxygens (including phenoxy) is 1. The molecule has 0 radical (unpaired) electrons. The van der Waals surface area contributed by atoms with Gasteiger partial charge in [0.25, 0.3) is 0 Å². The molecule has 30 heavy (non-hydrogen) atoms. The van der Waals surface area contributed by atoms with Gasteiger partial charge in [-0.1, -0.05) is 48.0 Å². The number of hydrogen-bond donors (Lipinski definition) is 1. The third kappa shape index (κ3) is 4.88. The maximum Gasteiger partial charge on any atom is 0.171 e. The minimum absolute atomic E-state index is 0.374. The fourth-order valence-electron chi connectivity index (χ4n) is 2.81. The molecule has 0 aliphatic rings. The van der Waals surface area contributed by atoms with Gasteiger partial charge in [0.1, 0.15) is 18.4 Å². The van der Waals surface area contributed by atoms with Crippen molar-refractivity contribution in [2.24, 2.45) is 0 Å². The molecule has 1 heterocycles. The first-order valence-electron chi connectivity index (χ1n) is 9.02. The zero-order chi connectivity index (χ0) is 20.9. The quantitative estimate of drug-likeness (QED) is 0.226. The van der Waals surface area contributed by atoms with Gasteiger partial charge in [0.2, 0.25) is 0 Å². The molecule has 0 saturated heterocycles. The summed E-state index contributed by atoms with van der Waals surface area (Å²) >= 11 is 11.0. The molecule has 0 aliphatic carbocycles. The van der Waals surface area contributed by atoms with Gasteiger partial charge in [-0.25, -0.2) is 4.98 Å². The second kappa shape index (κ2) is 9.40. The molecule has 4 rings (SSSR count). The van der Waals surface area contributed by atoms with Crippen LogP contribution in [0.1, 0.15) is 11.1 Å². The lowest BCUT2D eigenvalue weighted by Gasteiger charge is -2.10. The fourth-order valence-corrected chi connectivity index (χ4v) is 4.27. The number of aromatic amines is 1. The fraction of sp³-hybridized carbons (Fsp3) is 0.0435. The van der Waals surface area contributed by atoms with Gasteiger partial charge in [0.05, 0.1) is 20.4 Å². The van der Waals surface area contributed by atoms with Crippen LogP contribution in [0.25, 0.3) is 17.1 Å². The zero-order valence-electron chi connectivity index (χ0n) is 15.6. The molecule has 4 nitrogen and oxygen atoms in total. The van der Waals surface area contributed by atoms with Gasteiger partial charge in [0, 0.05) is 10.6 Å². The topological polar surface area (TPSA) is 61.7 Å². The predicted octanol–water partition coefficient (Wildman–Crippen LogP) is 7.21. The summed E-state index contributed by atoms with van der Waals surface area (Å²) in [6.07, 6.45) is 1.82. The Morgan fingerprint density at radius 1 is 1.17 bits per heavy atom. The van der Waals surface area contributed by atoms with E-state index < -0.39 is 0 Å². The van der Waals surface area contributed by atoms with Crippen molar-refractivity contribution in [3.8, 4) is 11.8 Å². The summed E-state index contributed by atoms with van der Waals surface area (Å²) < 4.78 is 6.68. The Hall–Kier alpha value is -2.72. The first kappa shape index (κ1) is 20.5. The molecular formula is C23H15BrClN3OS. The molecule has 1 aromatic heterocycles. The second-order valence-electron chi connectivity index (χ2n) is 6.35. The average molecular weight is 497 g/mol. The van der Waals surface area contributed by atoms with E-state index in [1.165, 1.54) is 11.8 Å². The standard InChI is InChI=1S/C23H15BrClN3OS/c24-18-12-15(9-10-22(18)29-14-16-5-1-2-6-19(16)25)11-17(13-26)30-23-27-20-7-3-4-8-21(20)28-23/h1-12H,14H2,(H,27,28)/b17-11+. The maximum atomic E-state index is 9.55. The molecule has 0 amide bonds. The molecule has 0 unspecified atom stereocenters. The number of halogens is 2. The number of nitrogens with one attached hydrogen (secondary N) is 1. The van der Waals surface area contributed by atoms with Crippen LogP contribution < -0.4 is 4.74 Å². The van der Waals surface area contributed by atoms with Crippen LogP contribution in [-0.4, -0.2) is 9.97 Å². The van der Waals surface area contributed by atoms with Crippen molar-refractivity contribution in [1.82, 2.24) is 9.97 Å². The number of imidazole rings is 1. The van der Waals surface area contributed by atoms with Gasteiger partial charge in [-0.2, -0.15) is 5.26 Å². The molecule has 7 heteroatoms. The van der Waals surface area contributed by atoms with E-state index in [-0.39, 0.29) is 0 Å². The molecule has 0 saturated carbocycles. The highest BCUT2D eigenvalue weighted by atomic mass is 79.9. The van der Waals surface area contributed by atoms with Gasteiger partial charge in [0.15, 0.2) is 5.16 Å². The first-order valence-corrected chi connectivity index (χ1v) is 11.0. The highest BCUT2D eigenvalue weighted by Crippen LogP contribution is 2.31. The summed E-state index contributed by atoms with van der Waals surface area (Å²) in [6.45, 7) is 0.374. The van der Waals surface area contributed by atoms with Crippen molar-refractivity contribution < 1.29 is 4.74 Å². The van der Waals surface area contributed by atoms with Crippen molar-refractivity contribution in [3.63, 3.8) is 0 Å². The van der Waals surface area contributed by atoms with Crippen LogP contribution in [-0.2, 0) is 6.61 Å². The summed E-state index contributed by atoms with van der Waals surface area (Å²) in [7, 11) is 0. The van der Waals surface area contributed by atoms with E-state index in [2.05, 4.69) is 32.0 Å². The van der Waals surface area contributed by atoms with Crippen molar-refractivity contribution >= 4 is 56.4 Å². The number of allylic oxidation sites excluding steroid dienone is 1. The number of rotatable bonds is 6. The molecule has 0 bridgehead atoms. The minimum atomic E-state index is 0.374. The molecule has 1 N–H and O–H groups in total. The third-order valence-corrected chi connectivity index (χ3v) is 6.08. The number of fused-ring (bicyclic) bond motifs is 1. The SMILES string of the molecule is N#C/C(=C\c1ccc(OCc2ccccc2Cl)c(Br)c1)Sc1nc2ccccc2[nH]1. The Kier molecular flexibility index (Phi) is 6.44. The largest absolute Gasteiger partial charge is 0.488 e. The van der Waals surface area contributed by atoms with E-state index in [0.29, 0.717) is 27.4 Å². The maximum absolute atomic E-state index is 9.55. The van der Waals surface area contributed by atoms with Crippen LogP contribution in [0.2, 0.25) is 5.02 Å². The Morgan fingerprint density at radius 2 is 1.97 bits per heavy atom. The van der Waals surface area contributed by atoms with Crippen molar-refractivity contribution in [2.45, 2.75) is 11.8 Å². The highest BCUT2D eigenvalue weighted by molar-refractivity contribution is 9.10. The number of nitrogens with zero attached hydrogens (tertiary/aromatic N) is 2. The van der Waals surface area contributed by atoms with E-state index >= 15 is 0 Å². The first-order chi connectivity index (χ1) is 14.6. The van der Waals surface area contributed by atoms with Crippen LogP contribution in [0.5, 0.6) is 5.75 Å². The van der Waals surface area contributed by atoms with Gasteiger partial charge in [-0.05, 0) is 69.7 Å². The minimum Gasteiger partial charge on any atom is -0.488 e. The van der Waals surface area contributed by atoms with Gasteiger partial charge >= 0.3 is 0 Å². The second-order valence-corrected chi connectivity index (χ2v) is 8.64. The normalized spacial score (nSPS) is 11.4. The van der Waals surface area contributed by atoms with Gasteiger partial charge in [-0.15, -0.1) is 0 Å². The average Bonchev–Trinajstić information content (AvgIpc) is 3.16. The van der Waals surface area contributed by atoms with Crippen molar-refractivity contribution in [3.05, 3.63) is 92.3 Å². The molecule has 0 aliphatic heterocycles. The van der Waals surface area contributed by atoms with E-state index in [0.717, 1.165) is 26.6 Å². The number of thioether (sulfide) groups is 1. The number of aromatic nitrogens is 2. The molecular weight excluding hydrogens is 482 g/mol. The number of para-hydroxylation sites is 2. The summed E-state index contributed by atoms with van der Waals surface area (Å²) in [6, 6.07) is 23.3. The molecule has 0 atom stereocenters. The van der Waals surface area contributed by atoms with Crippen molar-refractivity contribution in [2.75, 3.05) is 0 Å². The monoisotopic (exact) mass is 495 g/mol. The summed E-state index contributed by atoms with van der Waals surface area (Å²) in [4.78, 5) is 8.27. The number of nitriles is 1. The number of benzene rings is 3.